The fraction of sp³-hybridized carbons (Fsp3) is 0.281. The lowest BCUT2D eigenvalue weighted by Crippen LogP contribution is -2.40. The van der Waals surface area contributed by atoms with Crippen molar-refractivity contribution in [2.45, 2.75) is 46.6 Å². The zero-order chi connectivity index (χ0) is 31.0. The Hall–Kier alpha value is -3.11. The van der Waals surface area contributed by atoms with Crippen LogP contribution in [0.25, 0.3) is 11.8 Å². The third kappa shape index (κ3) is 5.88. The average molecular weight is 703 g/mol. The van der Waals surface area contributed by atoms with E-state index in [2.05, 4.69) is 20.5 Å². The second-order valence-corrected chi connectivity index (χ2v) is 12.8. The lowest BCUT2D eigenvalue weighted by Gasteiger charge is -2.27. The van der Waals surface area contributed by atoms with Gasteiger partial charge in [0.25, 0.3) is 5.56 Å². The number of esters is 1. The summed E-state index contributed by atoms with van der Waals surface area (Å²) in [7, 11) is 1.57. The second kappa shape index (κ2) is 12.9. The number of ether oxygens (including phenoxy) is 2. The number of fused-ring (bicyclic) bond motifs is 1. The zero-order valence-electron chi connectivity index (χ0n) is 24.3. The van der Waals surface area contributed by atoms with Gasteiger partial charge in [0.15, 0.2) is 4.80 Å². The van der Waals surface area contributed by atoms with E-state index in [9.17, 15) is 9.59 Å². The number of benzene rings is 2. The van der Waals surface area contributed by atoms with Gasteiger partial charge in [-0.15, -0.1) is 0 Å². The number of carbonyl (C=O) groups is 1. The first kappa shape index (κ1) is 31.3. The largest absolute Gasteiger partial charge is 0.496 e. The van der Waals surface area contributed by atoms with Gasteiger partial charge >= 0.3 is 5.97 Å². The third-order valence-electron chi connectivity index (χ3n) is 7.30. The van der Waals surface area contributed by atoms with Crippen molar-refractivity contribution >= 4 is 62.5 Å². The maximum atomic E-state index is 14.2. The minimum atomic E-state index is -0.782. The highest BCUT2D eigenvalue weighted by atomic mass is 79.9. The van der Waals surface area contributed by atoms with Gasteiger partial charge in [0.2, 0.25) is 0 Å². The molecule has 0 bridgehead atoms. The molecule has 0 spiro atoms. The highest BCUT2D eigenvalue weighted by molar-refractivity contribution is 9.10. The summed E-state index contributed by atoms with van der Waals surface area (Å²) in [5, 5.41) is 0.945. The lowest BCUT2D eigenvalue weighted by atomic mass is 9.93. The lowest BCUT2D eigenvalue weighted by molar-refractivity contribution is -0.139. The van der Waals surface area contributed by atoms with E-state index in [1.54, 1.807) is 24.7 Å². The molecule has 0 N–H and O–H groups in total. The van der Waals surface area contributed by atoms with Gasteiger partial charge in [-0.05, 0) is 81.3 Å². The van der Waals surface area contributed by atoms with Crippen LogP contribution in [0.1, 0.15) is 55.2 Å². The van der Waals surface area contributed by atoms with E-state index >= 15 is 0 Å². The molecule has 0 radical (unpaired) electrons. The Balaban J connectivity index is 1.76. The SMILES string of the molecule is CCCC1=C(C(=O)OCC)[C@H](c2cc(Br)ccc2OC)n2c(s/c(=C/c3cc(C)n(-c4ccc(Cl)c(Cl)c4)c3C)c2=O)=N1. The van der Waals surface area contributed by atoms with Crippen molar-refractivity contribution in [3.63, 3.8) is 0 Å². The van der Waals surface area contributed by atoms with Crippen molar-refractivity contribution < 1.29 is 14.3 Å². The van der Waals surface area contributed by atoms with Crippen LogP contribution in [0.15, 0.2) is 68.0 Å². The summed E-state index contributed by atoms with van der Waals surface area (Å²) in [6.07, 6.45) is 3.19. The van der Waals surface area contributed by atoms with Crippen molar-refractivity contribution in [2.75, 3.05) is 13.7 Å². The Labute approximate surface area is 271 Å². The summed E-state index contributed by atoms with van der Waals surface area (Å²) in [6.45, 7) is 7.97. The molecule has 1 aliphatic heterocycles. The van der Waals surface area contributed by atoms with Crippen LogP contribution in [0.5, 0.6) is 5.75 Å². The topological polar surface area (TPSA) is 74.8 Å². The van der Waals surface area contributed by atoms with E-state index in [1.165, 1.54) is 11.3 Å². The first-order valence-electron chi connectivity index (χ1n) is 13.8. The molecule has 0 fully saturated rings. The minimum Gasteiger partial charge on any atom is -0.496 e. The fourth-order valence-electron chi connectivity index (χ4n) is 5.43. The molecule has 43 heavy (non-hydrogen) atoms. The first-order valence-corrected chi connectivity index (χ1v) is 16.2. The molecule has 1 atom stereocenters. The van der Waals surface area contributed by atoms with Crippen LogP contribution in [0.2, 0.25) is 10.0 Å². The molecule has 11 heteroatoms. The van der Waals surface area contributed by atoms with Crippen molar-refractivity contribution in [3.05, 3.63) is 110 Å². The third-order valence-corrected chi connectivity index (χ3v) is 9.51. The predicted octanol–water partition coefficient (Wildman–Crippen LogP) is 7.06. The van der Waals surface area contributed by atoms with E-state index in [-0.39, 0.29) is 12.2 Å². The standard InChI is InChI=1S/C32H30BrCl2N3O4S/c1-6-8-25-28(31(40)42-7-2)29(22-15-20(33)9-12-26(22)41-5)38-30(39)27(43-32(38)36-25)14-19-13-17(3)37(18(19)4)21-10-11-23(34)24(35)16-21/h9-16,29H,6-8H2,1-5H3/b27-14+/t29-/m0/s1. The smallest absolute Gasteiger partial charge is 0.338 e. The summed E-state index contributed by atoms with van der Waals surface area (Å²) in [5.74, 6) is 0.0497. The van der Waals surface area contributed by atoms with Gasteiger partial charge in [-0.25, -0.2) is 9.79 Å². The van der Waals surface area contributed by atoms with E-state index in [0.29, 0.717) is 48.4 Å². The highest BCUT2D eigenvalue weighted by Crippen LogP contribution is 2.38. The van der Waals surface area contributed by atoms with Crippen molar-refractivity contribution in [1.29, 1.82) is 0 Å². The van der Waals surface area contributed by atoms with Gasteiger partial charge in [0, 0.05) is 27.1 Å². The molecule has 5 rings (SSSR count). The van der Waals surface area contributed by atoms with Gasteiger partial charge in [0.1, 0.15) is 11.8 Å². The summed E-state index contributed by atoms with van der Waals surface area (Å²) >= 11 is 17.3. The van der Waals surface area contributed by atoms with Gasteiger partial charge in [-0.3, -0.25) is 9.36 Å². The quantitative estimate of drug-likeness (QED) is 0.184. The molecule has 0 saturated carbocycles. The van der Waals surface area contributed by atoms with E-state index in [0.717, 1.165) is 33.5 Å². The Morgan fingerprint density at radius 3 is 2.56 bits per heavy atom. The summed E-state index contributed by atoms with van der Waals surface area (Å²) in [4.78, 5) is 33.1. The summed E-state index contributed by atoms with van der Waals surface area (Å²) < 4.78 is 16.2. The minimum absolute atomic E-state index is 0.197. The normalized spacial score (nSPS) is 15.0. The van der Waals surface area contributed by atoms with Gasteiger partial charge in [-0.2, -0.15) is 0 Å². The predicted molar refractivity (Wildman–Crippen MR) is 176 cm³/mol. The zero-order valence-corrected chi connectivity index (χ0v) is 28.2. The molecule has 3 heterocycles. The number of rotatable bonds is 8. The van der Waals surface area contributed by atoms with Gasteiger partial charge in [0.05, 0.1) is 39.6 Å². The Morgan fingerprint density at radius 1 is 1.12 bits per heavy atom. The number of halogens is 3. The van der Waals surface area contributed by atoms with Crippen LogP contribution >= 0.6 is 50.5 Å². The molecule has 2 aromatic carbocycles. The first-order chi connectivity index (χ1) is 20.6. The second-order valence-electron chi connectivity index (χ2n) is 10.1. The van der Waals surface area contributed by atoms with Crippen LogP contribution in [0, 0.1) is 13.8 Å². The summed E-state index contributed by atoms with van der Waals surface area (Å²) in [5.41, 5.74) is 5.02. The molecular weight excluding hydrogens is 673 g/mol. The highest BCUT2D eigenvalue weighted by Gasteiger charge is 2.36. The Morgan fingerprint density at radius 2 is 1.88 bits per heavy atom. The summed E-state index contributed by atoms with van der Waals surface area (Å²) in [6, 6.07) is 12.3. The van der Waals surface area contributed by atoms with Crippen molar-refractivity contribution in [1.82, 2.24) is 9.13 Å². The molecule has 4 aromatic rings. The van der Waals surface area contributed by atoms with Crippen LogP contribution in [-0.4, -0.2) is 28.8 Å². The number of nitrogens with zero attached hydrogens (tertiary/aromatic N) is 3. The molecule has 0 amide bonds. The van der Waals surface area contributed by atoms with Crippen LogP contribution in [0.4, 0.5) is 0 Å². The number of aromatic nitrogens is 2. The van der Waals surface area contributed by atoms with Crippen molar-refractivity contribution in [3.8, 4) is 11.4 Å². The molecule has 2 aromatic heterocycles. The Kier molecular flexibility index (Phi) is 9.37. The van der Waals surface area contributed by atoms with E-state index < -0.39 is 12.0 Å². The number of methoxy groups -OCH3 is 1. The Bertz CT molecular complexity index is 1960. The van der Waals surface area contributed by atoms with Crippen LogP contribution in [0.3, 0.4) is 0 Å². The molecule has 0 aliphatic carbocycles. The number of hydrogen-bond donors (Lipinski definition) is 0. The average Bonchev–Trinajstić information content (AvgIpc) is 3.43. The van der Waals surface area contributed by atoms with E-state index in [4.69, 9.17) is 37.7 Å². The molecule has 224 valence electrons. The van der Waals surface area contributed by atoms with E-state index in [1.807, 2.05) is 63.2 Å². The number of aryl methyl sites for hydroxylation is 1. The fourth-order valence-corrected chi connectivity index (χ4v) is 7.11. The van der Waals surface area contributed by atoms with Gasteiger partial charge in [-0.1, -0.05) is 63.8 Å². The van der Waals surface area contributed by atoms with Gasteiger partial charge < -0.3 is 14.0 Å². The number of thiazole rings is 1. The molecular formula is C32H30BrCl2N3O4S. The maximum Gasteiger partial charge on any atom is 0.338 e. The van der Waals surface area contributed by atoms with Crippen molar-refractivity contribution in [2.24, 2.45) is 4.99 Å². The molecule has 1 aliphatic rings. The van der Waals surface area contributed by atoms with Crippen LogP contribution in [-0.2, 0) is 9.53 Å². The molecule has 0 unspecified atom stereocenters. The number of allylic oxidation sites excluding steroid dienone is 1. The number of hydrogen-bond acceptors (Lipinski definition) is 6. The number of carbonyl (C=O) groups excluding carboxylic acids is 1. The monoisotopic (exact) mass is 701 g/mol. The maximum absolute atomic E-state index is 14.2. The molecule has 7 nitrogen and oxygen atoms in total. The van der Waals surface area contributed by atoms with Crippen LogP contribution < -0.4 is 19.6 Å². The molecule has 0 saturated heterocycles.